The van der Waals surface area contributed by atoms with E-state index in [4.69, 9.17) is 14.1 Å². The van der Waals surface area contributed by atoms with Crippen LogP contribution in [0, 0.1) is 0 Å². The Morgan fingerprint density at radius 3 is 3.03 bits per heavy atom. The monoisotopic (exact) mass is 529 g/mol. The Labute approximate surface area is 195 Å². The van der Waals surface area contributed by atoms with Gasteiger partial charge in [0.15, 0.2) is 5.96 Å². The lowest BCUT2D eigenvalue weighted by atomic mass is 10.1. The number of aromatic nitrogens is 2. The number of esters is 1. The van der Waals surface area contributed by atoms with Gasteiger partial charge in [-0.2, -0.15) is 5.10 Å². The summed E-state index contributed by atoms with van der Waals surface area (Å²) in [5, 5.41) is 7.90. The van der Waals surface area contributed by atoms with Crippen LogP contribution in [-0.4, -0.2) is 59.4 Å². The van der Waals surface area contributed by atoms with Crippen molar-refractivity contribution < 1.29 is 13.9 Å². The molecule has 9 heteroatoms. The first-order valence-electron chi connectivity index (χ1n) is 10.5. The van der Waals surface area contributed by atoms with Crippen molar-refractivity contribution in [2.24, 2.45) is 4.99 Å². The number of aliphatic imine (C=N–C) groups is 1. The summed E-state index contributed by atoms with van der Waals surface area (Å²) in [6.45, 7) is 7.62. The van der Waals surface area contributed by atoms with E-state index in [9.17, 15) is 4.79 Å². The number of carbonyl (C=O) groups excluding carboxylic acids is 1. The van der Waals surface area contributed by atoms with Crippen LogP contribution < -0.4 is 5.32 Å². The highest BCUT2D eigenvalue weighted by Crippen LogP contribution is 2.21. The Hall–Kier alpha value is -2.04. The molecule has 0 aliphatic carbocycles. The number of hydrogen-bond acceptors (Lipinski definition) is 5. The topological polar surface area (TPSA) is 84.9 Å². The number of furan rings is 1. The zero-order valence-electron chi connectivity index (χ0n) is 17.7. The minimum atomic E-state index is -0.323. The summed E-state index contributed by atoms with van der Waals surface area (Å²) < 4.78 is 12.4. The summed E-state index contributed by atoms with van der Waals surface area (Å²) >= 11 is 0. The van der Waals surface area contributed by atoms with Gasteiger partial charge in [-0.3, -0.25) is 9.67 Å². The highest BCUT2D eigenvalue weighted by molar-refractivity contribution is 14.0. The third-order valence-corrected chi connectivity index (χ3v) is 4.90. The second-order valence-corrected chi connectivity index (χ2v) is 7.13. The van der Waals surface area contributed by atoms with E-state index >= 15 is 0 Å². The van der Waals surface area contributed by atoms with E-state index in [0.717, 1.165) is 63.6 Å². The first-order valence-corrected chi connectivity index (χ1v) is 10.5. The van der Waals surface area contributed by atoms with Gasteiger partial charge in [-0.25, -0.2) is 4.79 Å². The van der Waals surface area contributed by atoms with Crippen molar-refractivity contribution in [2.45, 2.75) is 45.6 Å². The number of nitrogens with one attached hydrogen (secondary N) is 1. The summed E-state index contributed by atoms with van der Waals surface area (Å²) in [6, 6.07) is 4.09. The first-order chi connectivity index (χ1) is 14.2. The molecule has 1 aliphatic heterocycles. The van der Waals surface area contributed by atoms with E-state index in [1.165, 1.54) is 0 Å². The van der Waals surface area contributed by atoms with Crippen molar-refractivity contribution in [2.75, 3.05) is 32.8 Å². The second-order valence-electron chi connectivity index (χ2n) is 7.13. The van der Waals surface area contributed by atoms with Gasteiger partial charge in [0.1, 0.15) is 5.76 Å². The number of hydrogen-bond donors (Lipinski definition) is 1. The number of guanidine groups is 1. The van der Waals surface area contributed by atoms with E-state index in [0.29, 0.717) is 12.2 Å². The molecule has 0 radical (unpaired) electrons. The average Bonchev–Trinajstić information content (AvgIpc) is 3.43. The smallest absolute Gasteiger partial charge is 0.341 e. The molecule has 8 nitrogen and oxygen atoms in total. The van der Waals surface area contributed by atoms with Crippen LogP contribution in [0.15, 0.2) is 40.2 Å². The Kier molecular flexibility index (Phi) is 10.2. The Bertz CT molecular complexity index is 790. The molecule has 0 saturated carbocycles. The molecule has 1 atom stereocenters. The lowest BCUT2D eigenvalue weighted by Gasteiger charge is -2.35. The van der Waals surface area contributed by atoms with Crippen LogP contribution in [0.4, 0.5) is 0 Å². The van der Waals surface area contributed by atoms with E-state index in [2.05, 4.69) is 22.2 Å². The zero-order chi connectivity index (χ0) is 20.5. The van der Waals surface area contributed by atoms with Crippen LogP contribution in [-0.2, 0) is 11.2 Å². The van der Waals surface area contributed by atoms with Crippen molar-refractivity contribution in [3.05, 3.63) is 42.1 Å². The normalized spacial score (nSPS) is 16.8. The second kappa shape index (κ2) is 12.6. The molecule has 1 N–H and O–H groups in total. The summed E-state index contributed by atoms with van der Waals surface area (Å²) in [6.07, 6.45) is 8.97. The number of piperidine rings is 1. The number of carbonyl (C=O) groups is 1. The van der Waals surface area contributed by atoms with E-state index in [-0.39, 0.29) is 36.0 Å². The third-order valence-electron chi connectivity index (χ3n) is 4.90. The molecule has 30 heavy (non-hydrogen) atoms. The van der Waals surface area contributed by atoms with Crippen LogP contribution in [0.5, 0.6) is 0 Å². The predicted octanol–water partition coefficient (Wildman–Crippen LogP) is 3.51. The summed E-state index contributed by atoms with van der Waals surface area (Å²) in [5.74, 6) is 1.57. The Balaban J connectivity index is 0.00000320. The zero-order valence-corrected chi connectivity index (χ0v) is 20.1. The van der Waals surface area contributed by atoms with Crippen LogP contribution in [0.3, 0.4) is 0 Å². The largest absolute Gasteiger partial charge is 0.469 e. The van der Waals surface area contributed by atoms with Gasteiger partial charge in [0, 0.05) is 38.8 Å². The van der Waals surface area contributed by atoms with E-state index in [1.54, 1.807) is 25.6 Å². The SMILES string of the molecule is CCCN=C(NCCc1ccco1)N1CCCC(n2cc(C(=O)OCC)cn2)C1.I. The molecule has 3 rings (SSSR count). The maximum Gasteiger partial charge on any atom is 0.341 e. The molecule has 166 valence electrons. The molecule has 1 unspecified atom stereocenters. The quantitative estimate of drug-likeness (QED) is 0.244. The molecule has 3 heterocycles. The first kappa shape index (κ1) is 24.2. The lowest BCUT2D eigenvalue weighted by Crippen LogP contribution is -2.47. The fourth-order valence-corrected chi connectivity index (χ4v) is 3.46. The van der Waals surface area contributed by atoms with Crippen LogP contribution in [0.25, 0.3) is 0 Å². The standard InChI is InChI=1S/C21H31N5O3.HI/c1-3-10-22-21(23-11-9-19-8-6-13-29-19)25-12-5-7-18(16-25)26-15-17(14-24-26)20(27)28-4-2;/h6,8,13-15,18H,3-5,7,9-12,16H2,1-2H3,(H,22,23);1H. The highest BCUT2D eigenvalue weighted by Gasteiger charge is 2.25. The summed E-state index contributed by atoms with van der Waals surface area (Å²) in [5.41, 5.74) is 0.500. The van der Waals surface area contributed by atoms with Crippen molar-refractivity contribution in [3.8, 4) is 0 Å². The van der Waals surface area contributed by atoms with Crippen molar-refractivity contribution in [1.82, 2.24) is 20.0 Å². The number of rotatable bonds is 8. The maximum atomic E-state index is 11.9. The molecule has 2 aromatic heterocycles. The minimum absolute atomic E-state index is 0. The van der Waals surface area contributed by atoms with E-state index < -0.39 is 0 Å². The molecular formula is C21H32IN5O3. The van der Waals surface area contributed by atoms with Gasteiger partial charge in [-0.15, -0.1) is 24.0 Å². The maximum absolute atomic E-state index is 11.9. The van der Waals surface area contributed by atoms with Crippen molar-refractivity contribution in [1.29, 1.82) is 0 Å². The Morgan fingerprint density at radius 2 is 2.30 bits per heavy atom. The minimum Gasteiger partial charge on any atom is -0.469 e. The molecule has 1 aliphatic rings. The molecule has 1 saturated heterocycles. The number of nitrogens with zero attached hydrogens (tertiary/aromatic N) is 4. The van der Waals surface area contributed by atoms with Crippen molar-refractivity contribution >= 4 is 35.9 Å². The molecule has 2 aromatic rings. The lowest BCUT2D eigenvalue weighted by molar-refractivity contribution is 0.0526. The molecule has 0 amide bonds. The Morgan fingerprint density at radius 1 is 1.43 bits per heavy atom. The molecular weight excluding hydrogens is 497 g/mol. The molecule has 0 bridgehead atoms. The van der Waals surface area contributed by atoms with Gasteiger partial charge in [0.25, 0.3) is 0 Å². The van der Waals surface area contributed by atoms with Crippen LogP contribution in [0.2, 0.25) is 0 Å². The fourth-order valence-electron chi connectivity index (χ4n) is 3.46. The van der Waals surface area contributed by atoms with Crippen LogP contribution >= 0.6 is 24.0 Å². The average molecular weight is 529 g/mol. The number of likely N-dealkylation sites (tertiary alicyclic amines) is 1. The van der Waals surface area contributed by atoms with Gasteiger partial charge >= 0.3 is 5.97 Å². The molecule has 1 fully saturated rings. The van der Waals surface area contributed by atoms with Crippen molar-refractivity contribution in [3.63, 3.8) is 0 Å². The van der Waals surface area contributed by atoms with Gasteiger partial charge < -0.3 is 19.4 Å². The predicted molar refractivity (Wildman–Crippen MR) is 126 cm³/mol. The molecule has 0 spiro atoms. The fraction of sp³-hybridized carbons (Fsp3) is 0.571. The highest BCUT2D eigenvalue weighted by atomic mass is 127. The van der Waals surface area contributed by atoms with Gasteiger partial charge in [0.2, 0.25) is 0 Å². The number of ether oxygens (including phenoxy) is 1. The molecule has 0 aromatic carbocycles. The van der Waals surface area contributed by atoms with Gasteiger partial charge in [-0.1, -0.05) is 6.92 Å². The number of halogens is 1. The van der Waals surface area contributed by atoms with Gasteiger partial charge in [-0.05, 0) is 38.3 Å². The van der Waals surface area contributed by atoms with E-state index in [1.807, 2.05) is 16.8 Å². The summed E-state index contributed by atoms with van der Waals surface area (Å²) in [7, 11) is 0. The van der Waals surface area contributed by atoms with Crippen LogP contribution in [0.1, 0.15) is 55.3 Å². The summed E-state index contributed by atoms with van der Waals surface area (Å²) in [4.78, 5) is 19.0. The third kappa shape index (κ3) is 6.75. The van der Waals surface area contributed by atoms with Gasteiger partial charge in [0.05, 0.1) is 30.7 Å².